The van der Waals surface area contributed by atoms with Gasteiger partial charge in [0.15, 0.2) is 11.5 Å². The van der Waals surface area contributed by atoms with Gasteiger partial charge in [0, 0.05) is 5.56 Å². The molecule has 0 bridgehead atoms. The fourth-order valence-corrected chi connectivity index (χ4v) is 1.67. The molecule has 5 heteroatoms. The van der Waals surface area contributed by atoms with E-state index in [4.69, 9.17) is 14.2 Å². The molecule has 0 saturated carbocycles. The van der Waals surface area contributed by atoms with Gasteiger partial charge in [0.05, 0.1) is 6.61 Å². The van der Waals surface area contributed by atoms with E-state index >= 15 is 0 Å². The van der Waals surface area contributed by atoms with E-state index in [9.17, 15) is 9.59 Å². The highest BCUT2D eigenvalue weighted by atomic mass is 16.6. The summed E-state index contributed by atoms with van der Waals surface area (Å²) in [7, 11) is 0. The highest BCUT2D eigenvalue weighted by Crippen LogP contribution is 2.36. The Morgan fingerprint density at radius 3 is 2.94 bits per heavy atom. The Labute approximate surface area is 105 Å². The summed E-state index contributed by atoms with van der Waals surface area (Å²) in [5.41, 5.74) is -0.650. The van der Waals surface area contributed by atoms with E-state index in [-0.39, 0.29) is 13.2 Å². The molecule has 1 aliphatic heterocycles. The van der Waals surface area contributed by atoms with E-state index in [1.54, 1.807) is 32.0 Å². The zero-order valence-electron chi connectivity index (χ0n) is 10.3. The van der Waals surface area contributed by atoms with Crippen LogP contribution in [0.5, 0.6) is 11.5 Å². The zero-order valence-corrected chi connectivity index (χ0v) is 10.3. The van der Waals surface area contributed by atoms with E-state index in [1.165, 1.54) is 0 Å². The van der Waals surface area contributed by atoms with Crippen LogP contribution in [0.25, 0.3) is 0 Å². The molecule has 96 valence electrons. The van der Waals surface area contributed by atoms with E-state index in [2.05, 4.69) is 0 Å². The van der Waals surface area contributed by atoms with Crippen LogP contribution < -0.4 is 9.47 Å². The predicted molar refractivity (Wildman–Crippen MR) is 63.0 cm³/mol. The highest BCUT2D eigenvalue weighted by molar-refractivity contribution is 5.81. The van der Waals surface area contributed by atoms with Gasteiger partial charge in [0.25, 0.3) is 0 Å². The molecule has 1 aromatic rings. The van der Waals surface area contributed by atoms with Crippen molar-refractivity contribution in [1.82, 2.24) is 0 Å². The topological polar surface area (TPSA) is 61.8 Å². The van der Waals surface area contributed by atoms with Gasteiger partial charge >= 0.3 is 5.97 Å². The first kappa shape index (κ1) is 12.4. The Morgan fingerprint density at radius 1 is 1.50 bits per heavy atom. The first-order valence-electron chi connectivity index (χ1n) is 5.67. The summed E-state index contributed by atoms with van der Waals surface area (Å²) in [5, 5.41) is 0. The highest BCUT2D eigenvalue weighted by Gasteiger charge is 2.42. The van der Waals surface area contributed by atoms with Crippen LogP contribution in [0.2, 0.25) is 0 Å². The molecule has 0 fully saturated rings. The maximum atomic E-state index is 11.8. The van der Waals surface area contributed by atoms with Gasteiger partial charge in [0.2, 0.25) is 5.60 Å². The van der Waals surface area contributed by atoms with Crippen LogP contribution in [0.15, 0.2) is 18.2 Å². The predicted octanol–water partition coefficient (Wildman–Crippen LogP) is 1.59. The van der Waals surface area contributed by atoms with Crippen LogP contribution >= 0.6 is 0 Å². The molecular weight excluding hydrogens is 236 g/mol. The Morgan fingerprint density at radius 2 is 2.28 bits per heavy atom. The summed E-state index contributed by atoms with van der Waals surface area (Å²) >= 11 is 0. The second-order valence-electron chi connectivity index (χ2n) is 4.17. The molecule has 0 unspecified atom stereocenters. The molecule has 0 aromatic heterocycles. The normalized spacial score (nSPS) is 21.2. The third-order valence-electron chi connectivity index (χ3n) is 2.65. The molecule has 1 aromatic carbocycles. The maximum Gasteiger partial charge on any atom is 0.353 e. The van der Waals surface area contributed by atoms with Crippen molar-refractivity contribution in [2.75, 3.05) is 13.2 Å². The number of hydrogen-bond donors (Lipinski definition) is 0. The van der Waals surface area contributed by atoms with Crippen LogP contribution in [-0.2, 0) is 9.53 Å². The number of carbonyl (C=O) groups is 2. The van der Waals surface area contributed by atoms with Gasteiger partial charge in [-0.15, -0.1) is 0 Å². The molecule has 0 spiro atoms. The van der Waals surface area contributed by atoms with Crippen LogP contribution in [0, 0.1) is 0 Å². The number of hydrogen-bond acceptors (Lipinski definition) is 5. The summed E-state index contributed by atoms with van der Waals surface area (Å²) in [6, 6.07) is 4.79. The Balaban J connectivity index is 2.24. The van der Waals surface area contributed by atoms with Crippen molar-refractivity contribution in [2.45, 2.75) is 19.4 Å². The summed E-state index contributed by atoms with van der Waals surface area (Å²) in [4.78, 5) is 22.4. The lowest BCUT2D eigenvalue weighted by Gasteiger charge is -2.33. The van der Waals surface area contributed by atoms with Crippen LogP contribution in [-0.4, -0.2) is 31.1 Å². The zero-order chi connectivity index (χ0) is 13.2. The first-order valence-corrected chi connectivity index (χ1v) is 5.67. The number of rotatable bonds is 3. The van der Waals surface area contributed by atoms with Crippen molar-refractivity contribution < 1.29 is 23.8 Å². The van der Waals surface area contributed by atoms with Crippen molar-refractivity contribution in [3.63, 3.8) is 0 Å². The fourth-order valence-electron chi connectivity index (χ4n) is 1.67. The number of ether oxygens (including phenoxy) is 3. The quantitative estimate of drug-likeness (QED) is 0.602. The number of esters is 1. The minimum atomic E-state index is -1.15. The van der Waals surface area contributed by atoms with Gasteiger partial charge in [-0.2, -0.15) is 0 Å². The molecule has 18 heavy (non-hydrogen) atoms. The maximum absolute atomic E-state index is 11.8. The van der Waals surface area contributed by atoms with Crippen molar-refractivity contribution in [1.29, 1.82) is 0 Å². The molecule has 0 radical (unpaired) electrons. The van der Waals surface area contributed by atoms with Gasteiger partial charge in [-0.3, -0.25) is 4.79 Å². The van der Waals surface area contributed by atoms with Crippen LogP contribution in [0.4, 0.5) is 0 Å². The molecule has 0 aliphatic carbocycles. The summed E-state index contributed by atoms with van der Waals surface area (Å²) in [6.07, 6.45) is 0.725. The van der Waals surface area contributed by atoms with Gasteiger partial charge < -0.3 is 14.2 Å². The molecule has 2 rings (SSSR count). The molecular formula is C13H14O5. The summed E-state index contributed by atoms with van der Waals surface area (Å²) in [6.45, 7) is 3.69. The minimum absolute atomic E-state index is 0.0567. The summed E-state index contributed by atoms with van der Waals surface area (Å²) < 4.78 is 16.0. The lowest BCUT2D eigenvalue weighted by molar-refractivity contribution is -0.164. The number of benzene rings is 1. The van der Waals surface area contributed by atoms with Gasteiger partial charge in [-0.05, 0) is 32.0 Å². The average molecular weight is 250 g/mol. The van der Waals surface area contributed by atoms with E-state index < -0.39 is 11.6 Å². The molecule has 1 aliphatic rings. The summed E-state index contributed by atoms with van der Waals surface area (Å²) in [5.74, 6) is 0.430. The fraction of sp³-hybridized carbons (Fsp3) is 0.385. The van der Waals surface area contributed by atoms with E-state index in [0.717, 1.165) is 6.29 Å². The third-order valence-corrected chi connectivity index (χ3v) is 2.65. The number of fused-ring (bicyclic) bond motifs is 1. The van der Waals surface area contributed by atoms with Crippen molar-refractivity contribution in [2.24, 2.45) is 0 Å². The average Bonchev–Trinajstić information content (AvgIpc) is 2.38. The minimum Gasteiger partial charge on any atom is -0.485 e. The number of carbonyl (C=O) groups excluding carboxylic acids is 2. The molecule has 0 saturated heterocycles. The monoisotopic (exact) mass is 250 g/mol. The van der Waals surface area contributed by atoms with E-state index in [0.29, 0.717) is 17.1 Å². The Bertz CT molecular complexity index is 482. The smallest absolute Gasteiger partial charge is 0.353 e. The SMILES string of the molecule is CCOC(=O)[C@]1(C)COc2cc(C=O)ccc2O1. The van der Waals surface area contributed by atoms with Crippen molar-refractivity contribution in [3.8, 4) is 11.5 Å². The van der Waals surface area contributed by atoms with Gasteiger partial charge in [-0.25, -0.2) is 4.79 Å². The molecule has 0 amide bonds. The van der Waals surface area contributed by atoms with Crippen LogP contribution in [0.1, 0.15) is 24.2 Å². The largest absolute Gasteiger partial charge is 0.485 e. The lowest BCUT2D eigenvalue weighted by Crippen LogP contribution is -2.50. The molecule has 0 N–H and O–H groups in total. The van der Waals surface area contributed by atoms with E-state index in [1.807, 2.05) is 0 Å². The lowest BCUT2D eigenvalue weighted by atomic mass is 10.1. The van der Waals surface area contributed by atoms with Crippen molar-refractivity contribution >= 4 is 12.3 Å². The van der Waals surface area contributed by atoms with Gasteiger partial charge in [0.1, 0.15) is 12.9 Å². The Hall–Kier alpha value is -2.04. The first-order chi connectivity index (χ1) is 8.59. The molecule has 1 heterocycles. The second kappa shape index (κ2) is 4.68. The number of aldehydes is 1. The Kier molecular flexibility index (Phi) is 3.23. The standard InChI is InChI=1S/C13H14O5/c1-3-16-12(15)13(2)8-17-11-6-9(7-14)4-5-10(11)18-13/h4-7H,3,8H2,1-2H3/t13-/m0/s1. The molecule has 1 atom stereocenters. The molecule has 5 nitrogen and oxygen atoms in total. The third kappa shape index (κ3) is 2.16. The van der Waals surface area contributed by atoms with Gasteiger partial charge in [-0.1, -0.05) is 0 Å². The van der Waals surface area contributed by atoms with Crippen molar-refractivity contribution in [3.05, 3.63) is 23.8 Å². The van der Waals surface area contributed by atoms with Crippen LogP contribution in [0.3, 0.4) is 0 Å². The second-order valence-corrected chi connectivity index (χ2v) is 4.17.